The van der Waals surface area contributed by atoms with E-state index in [0.717, 1.165) is 14.4 Å². The molecule has 2 N–H and O–H groups in total. The second kappa shape index (κ2) is 6.29. The number of rotatable bonds is 4. The monoisotopic (exact) mass is 353 g/mol. The molecule has 20 heavy (non-hydrogen) atoms. The average Bonchev–Trinajstić information content (AvgIpc) is 2.82. The molecule has 0 fully saturated rings. The molecular formula is C16H20BrNOS. The first kappa shape index (κ1) is 15.5. The molecule has 0 bridgehead atoms. The van der Waals surface area contributed by atoms with Crippen molar-refractivity contribution >= 4 is 27.3 Å². The molecule has 1 aromatic carbocycles. The first-order chi connectivity index (χ1) is 9.40. The van der Waals surface area contributed by atoms with Gasteiger partial charge in [0.2, 0.25) is 0 Å². The molecule has 0 saturated heterocycles. The molecule has 108 valence electrons. The van der Waals surface area contributed by atoms with E-state index in [-0.39, 0.29) is 11.5 Å². The van der Waals surface area contributed by atoms with Crippen molar-refractivity contribution in [1.82, 2.24) is 0 Å². The van der Waals surface area contributed by atoms with Crippen LogP contribution in [-0.4, -0.2) is 6.54 Å². The summed E-state index contributed by atoms with van der Waals surface area (Å²) in [4.78, 5) is 1.14. The Labute approximate surface area is 133 Å². The standard InChI is InChI=1S/C16H20BrNOS/c1-16(2,3)11-4-6-12(7-5-11)19-13(10-18)14-8-9-15(17)20-14/h4-9,13H,10,18H2,1-3H3. The second-order valence-electron chi connectivity index (χ2n) is 5.76. The molecule has 2 nitrogen and oxygen atoms in total. The van der Waals surface area contributed by atoms with Gasteiger partial charge >= 0.3 is 0 Å². The zero-order valence-electron chi connectivity index (χ0n) is 12.0. The normalized spacial score (nSPS) is 13.2. The van der Waals surface area contributed by atoms with Gasteiger partial charge in [-0.2, -0.15) is 0 Å². The van der Waals surface area contributed by atoms with Crippen molar-refractivity contribution in [1.29, 1.82) is 0 Å². The summed E-state index contributed by atoms with van der Waals surface area (Å²) in [6.45, 7) is 7.08. The minimum atomic E-state index is -0.0909. The largest absolute Gasteiger partial charge is 0.484 e. The van der Waals surface area contributed by atoms with E-state index in [1.807, 2.05) is 18.2 Å². The molecule has 0 saturated carbocycles. The quantitative estimate of drug-likeness (QED) is 0.849. The summed E-state index contributed by atoms with van der Waals surface area (Å²) in [6, 6.07) is 12.4. The molecule has 0 aliphatic rings. The van der Waals surface area contributed by atoms with E-state index < -0.39 is 0 Å². The van der Waals surface area contributed by atoms with E-state index >= 15 is 0 Å². The van der Waals surface area contributed by atoms with Crippen molar-refractivity contribution in [3.05, 3.63) is 50.6 Å². The van der Waals surface area contributed by atoms with E-state index in [9.17, 15) is 0 Å². The lowest BCUT2D eigenvalue weighted by Gasteiger charge is -2.20. The molecule has 0 amide bonds. The maximum atomic E-state index is 6.00. The van der Waals surface area contributed by atoms with Crippen molar-refractivity contribution in [2.24, 2.45) is 5.73 Å². The Morgan fingerprint density at radius 1 is 1.15 bits per heavy atom. The number of thiophene rings is 1. The summed E-state index contributed by atoms with van der Waals surface area (Å²) in [5.41, 5.74) is 7.28. The zero-order valence-corrected chi connectivity index (χ0v) is 14.4. The summed E-state index contributed by atoms with van der Waals surface area (Å²) in [6.07, 6.45) is -0.0909. The highest BCUT2D eigenvalue weighted by molar-refractivity contribution is 9.11. The number of ether oxygens (including phenoxy) is 1. The van der Waals surface area contributed by atoms with Crippen LogP contribution in [0.1, 0.15) is 37.3 Å². The number of hydrogen-bond acceptors (Lipinski definition) is 3. The van der Waals surface area contributed by atoms with Gasteiger partial charge in [-0.15, -0.1) is 11.3 Å². The van der Waals surface area contributed by atoms with Crippen LogP contribution in [-0.2, 0) is 5.41 Å². The molecule has 0 spiro atoms. The molecule has 1 aromatic heterocycles. The lowest BCUT2D eigenvalue weighted by atomic mass is 9.87. The molecule has 2 rings (SSSR count). The van der Waals surface area contributed by atoms with Gasteiger partial charge in [-0.05, 0) is 51.2 Å². The van der Waals surface area contributed by atoms with Gasteiger partial charge in [0.05, 0.1) is 3.79 Å². The number of benzene rings is 1. The maximum Gasteiger partial charge on any atom is 0.145 e. The predicted octanol–water partition coefficient (Wildman–Crippen LogP) is 4.89. The Hall–Kier alpha value is -0.840. The molecule has 0 aliphatic carbocycles. The highest BCUT2D eigenvalue weighted by atomic mass is 79.9. The maximum absolute atomic E-state index is 6.00. The van der Waals surface area contributed by atoms with Crippen molar-refractivity contribution in [3.63, 3.8) is 0 Å². The van der Waals surface area contributed by atoms with Gasteiger partial charge in [-0.3, -0.25) is 0 Å². The topological polar surface area (TPSA) is 35.2 Å². The highest BCUT2D eigenvalue weighted by Gasteiger charge is 2.16. The van der Waals surface area contributed by atoms with Crippen LogP contribution in [0.2, 0.25) is 0 Å². The predicted molar refractivity (Wildman–Crippen MR) is 89.6 cm³/mol. The first-order valence-electron chi connectivity index (χ1n) is 6.62. The Morgan fingerprint density at radius 3 is 2.25 bits per heavy atom. The van der Waals surface area contributed by atoms with Gasteiger partial charge in [-0.25, -0.2) is 0 Å². The third-order valence-corrected chi connectivity index (χ3v) is 4.84. The van der Waals surface area contributed by atoms with Gasteiger partial charge in [0.1, 0.15) is 11.9 Å². The van der Waals surface area contributed by atoms with E-state index in [4.69, 9.17) is 10.5 Å². The van der Waals surface area contributed by atoms with Gasteiger partial charge in [-0.1, -0.05) is 32.9 Å². The number of nitrogens with two attached hydrogens (primary N) is 1. The average molecular weight is 354 g/mol. The highest BCUT2D eigenvalue weighted by Crippen LogP contribution is 2.31. The van der Waals surface area contributed by atoms with Crippen molar-refractivity contribution in [2.45, 2.75) is 32.3 Å². The molecular weight excluding hydrogens is 334 g/mol. The van der Waals surface area contributed by atoms with Crippen LogP contribution in [0.5, 0.6) is 5.75 Å². The summed E-state index contributed by atoms with van der Waals surface area (Å²) >= 11 is 5.13. The van der Waals surface area contributed by atoms with Crippen molar-refractivity contribution in [3.8, 4) is 5.75 Å². The van der Waals surface area contributed by atoms with Crippen molar-refractivity contribution in [2.75, 3.05) is 6.54 Å². The molecule has 0 aliphatic heterocycles. The minimum Gasteiger partial charge on any atom is -0.484 e. The Kier molecular flexibility index (Phi) is 4.89. The number of halogens is 1. The van der Waals surface area contributed by atoms with Crippen LogP contribution in [0, 0.1) is 0 Å². The molecule has 0 radical (unpaired) electrons. The van der Waals surface area contributed by atoms with E-state index in [2.05, 4.69) is 54.9 Å². The Balaban J connectivity index is 2.12. The van der Waals surface area contributed by atoms with Crippen LogP contribution in [0.3, 0.4) is 0 Å². The van der Waals surface area contributed by atoms with Crippen LogP contribution >= 0.6 is 27.3 Å². The summed E-state index contributed by atoms with van der Waals surface area (Å²) in [5.74, 6) is 0.859. The zero-order chi connectivity index (χ0) is 14.8. The molecule has 2 aromatic rings. The number of hydrogen-bond donors (Lipinski definition) is 1. The fourth-order valence-corrected chi connectivity index (χ4v) is 3.39. The van der Waals surface area contributed by atoms with Gasteiger partial charge in [0, 0.05) is 11.4 Å². The van der Waals surface area contributed by atoms with E-state index in [1.165, 1.54) is 5.56 Å². The summed E-state index contributed by atoms with van der Waals surface area (Å²) in [5, 5.41) is 0. The molecule has 1 atom stereocenters. The Bertz CT molecular complexity index is 557. The lowest BCUT2D eigenvalue weighted by Crippen LogP contribution is -2.17. The summed E-state index contributed by atoms with van der Waals surface area (Å²) < 4.78 is 7.09. The SMILES string of the molecule is CC(C)(C)c1ccc(OC(CN)c2ccc(Br)s2)cc1. The molecule has 4 heteroatoms. The third kappa shape index (κ3) is 3.84. The molecule has 1 unspecified atom stereocenters. The fraction of sp³-hybridized carbons (Fsp3) is 0.375. The van der Waals surface area contributed by atoms with Crippen LogP contribution in [0.15, 0.2) is 40.2 Å². The van der Waals surface area contributed by atoms with Gasteiger partial charge in [0.15, 0.2) is 0 Å². The van der Waals surface area contributed by atoms with Gasteiger partial charge < -0.3 is 10.5 Å². The van der Waals surface area contributed by atoms with Crippen LogP contribution in [0.4, 0.5) is 0 Å². The van der Waals surface area contributed by atoms with E-state index in [0.29, 0.717) is 6.54 Å². The lowest BCUT2D eigenvalue weighted by molar-refractivity contribution is 0.218. The second-order valence-corrected chi connectivity index (χ2v) is 8.25. The smallest absolute Gasteiger partial charge is 0.145 e. The van der Waals surface area contributed by atoms with Crippen molar-refractivity contribution < 1.29 is 4.74 Å². The third-order valence-electron chi connectivity index (χ3n) is 3.12. The minimum absolute atomic E-state index is 0.0909. The Morgan fingerprint density at radius 2 is 1.80 bits per heavy atom. The van der Waals surface area contributed by atoms with E-state index in [1.54, 1.807) is 11.3 Å². The first-order valence-corrected chi connectivity index (χ1v) is 8.23. The summed E-state index contributed by atoms with van der Waals surface area (Å²) in [7, 11) is 0. The van der Waals surface area contributed by atoms with Crippen LogP contribution < -0.4 is 10.5 Å². The fourth-order valence-electron chi connectivity index (χ4n) is 1.92. The molecule has 1 heterocycles. The van der Waals surface area contributed by atoms with Gasteiger partial charge in [0.25, 0.3) is 0 Å². The van der Waals surface area contributed by atoms with Crippen LogP contribution in [0.25, 0.3) is 0 Å².